The Morgan fingerprint density at radius 2 is 1.86 bits per heavy atom. The van der Waals surface area contributed by atoms with E-state index in [-0.39, 0.29) is 6.10 Å². The van der Waals surface area contributed by atoms with Gasteiger partial charge in [-0.05, 0) is 30.4 Å². The van der Waals surface area contributed by atoms with Gasteiger partial charge in [0, 0.05) is 5.02 Å². The lowest BCUT2D eigenvalue weighted by Gasteiger charge is -2.18. The molecule has 0 unspecified atom stereocenters. The van der Waals surface area contributed by atoms with Crippen LogP contribution in [0.25, 0.3) is 0 Å². The molecule has 2 heteroatoms. The van der Waals surface area contributed by atoms with Crippen molar-refractivity contribution >= 4 is 11.6 Å². The van der Waals surface area contributed by atoms with E-state index in [0.717, 1.165) is 18.4 Å². The molecular formula is C12H15ClO. The molecule has 0 aliphatic heterocycles. The Balaban J connectivity index is 2.17. The summed E-state index contributed by atoms with van der Waals surface area (Å²) in [6.45, 7) is 0. The number of hydrogen-bond donors (Lipinski definition) is 1. The average Bonchev–Trinajstić information content (AvgIpc) is 2.70. The summed E-state index contributed by atoms with van der Waals surface area (Å²) in [5.41, 5.74) is 0.890. The van der Waals surface area contributed by atoms with E-state index >= 15 is 0 Å². The van der Waals surface area contributed by atoms with E-state index in [1.807, 2.05) is 24.3 Å². The minimum Gasteiger partial charge on any atom is -0.388 e. The highest BCUT2D eigenvalue weighted by molar-refractivity contribution is 6.31. The highest BCUT2D eigenvalue weighted by Gasteiger charge is 2.25. The molecule has 1 fully saturated rings. The topological polar surface area (TPSA) is 20.2 Å². The van der Waals surface area contributed by atoms with Gasteiger partial charge in [-0.15, -0.1) is 0 Å². The summed E-state index contributed by atoms with van der Waals surface area (Å²) in [7, 11) is 0. The van der Waals surface area contributed by atoms with Crippen LogP contribution in [0, 0.1) is 5.92 Å². The second kappa shape index (κ2) is 4.33. The molecule has 1 atom stereocenters. The highest BCUT2D eigenvalue weighted by Crippen LogP contribution is 2.37. The third-order valence-electron chi connectivity index (χ3n) is 3.07. The van der Waals surface area contributed by atoms with Gasteiger partial charge in [0.25, 0.3) is 0 Å². The Morgan fingerprint density at radius 3 is 2.50 bits per heavy atom. The molecule has 1 aliphatic rings. The number of benzene rings is 1. The van der Waals surface area contributed by atoms with Crippen molar-refractivity contribution < 1.29 is 5.11 Å². The molecule has 0 heterocycles. The number of rotatable bonds is 2. The minimum atomic E-state index is -0.369. The molecule has 0 spiro atoms. The molecular weight excluding hydrogens is 196 g/mol. The second-order valence-corrected chi connectivity index (χ2v) is 4.42. The van der Waals surface area contributed by atoms with Crippen molar-refractivity contribution in [3.8, 4) is 0 Å². The van der Waals surface area contributed by atoms with E-state index in [9.17, 15) is 5.11 Å². The number of aliphatic hydroxyl groups is 1. The molecule has 1 aliphatic carbocycles. The Labute approximate surface area is 89.7 Å². The van der Waals surface area contributed by atoms with Gasteiger partial charge in [0.05, 0.1) is 6.10 Å². The van der Waals surface area contributed by atoms with Gasteiger partial charge in [0.15, 0.2) is 0 Å². The zero-order chi connectivity index (χ0) is 9.97. The normalized spacial score (nSPS) is 19.9. The molecule has 0 bridgehead atoms. The van der Waals surface area contributed by atoms with Crippen molar-refractivity contribution in [2.45, 2.75) is 31.8 Å². The molecule has 0 radical (unpaired) electrons. The van der Waals surface area contributed by atoms with Crippen LogP contribution in [0.1, 0.15) is 37.4 Å². The smallest absolute Gasteiger partial charge is 0.0832 e. The van der Waals surface area contributed by atoms with Crippen molar-refractivity contribution in [3.05, 3.63) is 34.9 Å². The van der Waals surface area contributed by atoms with E-state index in [1.54, 1.807) is 0 Å². The fourth-order valence-corrected chi connectivity index (χ4v) is 2.49. The maximum absolute atomic E-state index is 10.1. The summed E-state index contributed by atoms with van der Waals surface area (Å²) in [5.74, 6) is 0.412. The Hall–Kier alpha value is -0.530. The fraction of sp³-hybridized carbons (Fsp3) is 0.500. The predicted octanol–water partition coefficient (Wildman–Crippen LogP) is 3.56. The van der Waals surface area contributed by atoms with Crippen molar-refractivity contribution in [1.29, 1.82) is 0 Å². The molecule has 0 saturated heterocycles. The summed E-state index contributed by atoms with van der Waals surface area (Å²) < 4.78 is 0. The average molecular weight is 211 g/mol. The minimum absolute atomic E-state index is 0.369. The van der Waals surface area contributed by atoms with Gasteiger partial charge in [-0.3, -0.25) is 0 Å². The summed E-state index contributed by atoms with van der Waals surface area (Å²) in [5, 5.41) is 10.8. The van der Waals surface area contributed by atoms with Gasteiger partial charge in [-0.2, -0.15) is 0 Å². The monoisotopic (exact) mass is 210 g/mol. The third-order valence-corrected chi connectivity index (χ3v) is 3.41. The van der Waals surface area contributed by atoms with Gasteiger partial charge in [0.2, 0.25) is 0 Å². The van der Waals surface area contributed by atoms with E-state index in [1.165, 1.54) is 12.8 Å². The number of hydrogen-bond acceptors (Lipinski definition) is 1. The summed E-state index contributed by atoms with van der Waals surface area (Å²) in [6.07, 6.45) is 4.38. The van der Waals surface area contributed by atoms with Crippen LogP contribution in [0.2, 0.25) is 5.02 Å². The fourth-order valence-electron chi connectivity index (χ4n) is 2.24. The van der Waals surface area contributed by atoms with E-state index in [0.29, 0.717) is 10.9 Å². The van der Waals surface area contributed by atoms with Crippen molar-refractivity contribution in [1.82, 2.24) is 0 Å². The molecule has 76 valence electrons. The van der Waals surface area contributed by atoms with E-state index < -0.39 is 0 Å². The largest absolute Gasteiger partial charge is 0.388 e. The van der Waals surface area contributed by atoms with Crippen LogP contribution >= 0.6 is 11.6 Å². The van der Waals surface area contributed by atoms with Crippen LogP contribution in [-0.2, 0) is 0 Å². The van der Waals surface area contributed by atoms with E-state index in [2.05, 4.69) is 0 Å². The first-order valence-electron chi connectivity index (χ1n) is 5.21. The standard InChI is InChI=1S/C12H15ClO/c13-11-8-4-3-7-10(11)12(14)9-5-1-2-6-9/h3-4,7-9,12,14H,1-2,5-6H2/t12-/m0/s1. The van der Waals surface area contributed by atoms with Crippen molar-refractivity contribution in [3.63, 3.8) is 0 Å². The Kier molecular flexibility index (Phi) is 3.09. The predicted molar refractivity (Wildman–Crippen MR) is 58.4 cm³/mol. The van der Waals surface area contributed by atoms with Crippen LogP contribution < -0.4 is 0 Å². The Bertz CT molecular complexity index is 305. The molecule has 1 N–H and O–H groups in total. The van der Waals surface area contributed by atoms with Crippen molar-refractivity contribution in [2.24, 2.45) is 5.92 Å². The lowest BCUT2D eigenvalue weighted by Crippen LogP contribution is -2.09. The first-order chi connectivity index (χ1) is 6.79. The molecule has 14 heavy (non-hydrogen) atoms. The molecule has 0 amide bonds. The zero-order valence-corrected chi connectivity index (χ0v) is 8.87. The maximum atomic E-state index is 10.1. The molecule has 1 nitrogen and oxygen atoms in total. The van der Waals surface area contributed by atoms with Crippen LogP contribution in [0.15, 0.2) is 24.3 Å². The van der Waals surface area contributed by atoms with Crippen LogP contribution in [0.5, 0.6) is 0 Å². The first kappa shape index (κ1) is 10.0. The van der Waals surface area contributed by atoms with Gasteiger partial charge in [0.1, 0.15) is 0 Å². The summed E-state index contributed by atoms with van der Waals surface area (Å²) in [6, 6.07) is 7.59. The number of aliphatic hydroxyl groups excluding tert-OH is 1. The molecule has 2 rings (SSSR count). The summed E-state index contributed by atoms with van der Waals surface area (Å²) in [4.78, 5) is 0. The van der Waals surface area contributed by atoms with Crippen LogP contribution in [-0.4, -0.2) is 5.11 Å². The Morgan fingerprint density at radius 1 is 1.21 bits per heavy atom. The molecule has 1 saturated carbocycles. The van der Waals surface area contributed by atoms with Crippen molar-refractivity contribution in [2.75, 3.05) is 0 Å². The lowest BCUT2D eigenvalue weighted by atomic mass is 9.94. The maximum Gasteiger partial charge on any atom is 0.0832 e. The number of halogens is 1. The lowest BCUT2D eigenvalue weighted by molar-refractivity contribution is 0.112. The molecule has 1 aromatic carbocycles. The SMILES string of the molecule is O[C@H](c1ccccc1Cl)C1CCCC1. The zero-order valence-electron chi connectivity index (χ0n) is 8.12. The first-order valence-corrected chi connectivity index (χ1v) is 5.59. The van der Waals surface area contributed by atoms with Gasteiger partial charge in [-0.1, -0.05) is 42.6 Å². The van der Waals surface area contributed by atoms with Crippen LogP contribution in [0.4, 0.5) is 0 Å². The molecule has 0 aromatic heterocycles. The molecule has 1 aromatic rings. The third kappa shape index (κ3) is 1.94. The second-order valence-electron chi connectivity index (χ2n) is 4.01. The quantitative estimate of drug-likeness (QED) is 0.792. The summed E-state index contributed by atoms with van der Waals surface area (Å²) >= 11 is 6.04. The van der Waals surface area contributed by atoms with Gasteiger partial charge >= 0.3 is 0 Å². The van der Waals surface area contributed by atoms with Crippen LogP contribution in [0.3, 0.4) is 0 Å². The van der Waals surface area contributed by atoms with Gasteiger partial charge < -0.3 is 5.11 Å². The van der Waals surface area contributed by atoms with E-state index in [4.69, 9.17) is 11.6 Å². The van der Waals surface area contributed by atoms with Gasteiger partial charge in [-0.25, -0.2) is 0 Å². The highest BCUT2D eigenvalue weighted by atomic mass is 35.5.